The first kappa shape index (κ1) is 10.7. The summed E-state index contributed by atoms with van der Waals surface area (Å²) in [6, 6.07) is 3.94. The highest BCUT2D eigenvalue weighted by molar-refractivity contribution is 7.89. The molecule has 0 unspecified atom stereocenters. The van der Waals surface area contributed by atoms with Crippen molar-refractivity contribution in [2.45, 2.75) is 4.90 Å². The summed E-state index contributed by atoms with van der Waals surface area (Å²) in [7, 11) is -3.88. The number of hydrogen-bond donors (Lipinski definition) is 2. The average molecular weight is 240 g/mol. The Kier molecular flexibility index (Phi) is 2.21. The molecule has 1 aromatic carbocycles. The van der Waals surface area contributed by atoms with Crippen LogP contribution in [0.15, 0.2) is 33.8 Å². The quantitative estimate of drug-likeness (QED) is 0.778. The topological polar surface area (TPSA) is 116 Å². The Hall–Kier alpha value is -1.86. The molecule has 0 aliphatic heterocycles. The number of nitrogens with two attached hydrogens (primary N) is 2. The molecule has 0 atom stereocenters. The molecule has 1 aromatic heterocycles. The Labute approximate surface area is 90.9 Å². The number of hydrogen-bond acceptors (Lipinski definition) is 4. The number of primary amides is 1. The minimum atomic E-state index is -3.88. The Bertz CT molecular complexity index is 672. The lowest BCUT2D eigenvalue weighted by atomic mass is 10.1. The normalized spacial score (nSPS) is 11.8. The number of fused-ring (bicyclic) bond motifs is 1. The monoisotopic (exact) mass is 240 g/mol. The molecule has 84 valence electrons. The van der Waals surface area contributed by atoms with Crippen molar-refractivity contribution in [1.29, 1.82) is 0 Å². The van der Waals surface area contributed by atoms with E-state index in [1.807, 2.05) is 0 Å². The fourth-order valence-electron chi connectivity index (χ4n) is 1.40. The van der Waals surface area contributed by atoms with Crippen molar-refractivity contribution in [3.63, 3.8) is 0 Å². The van der Waals surface area contributed by atoms with Crippen LogP contribution in [0.25, 0.3) is 11.0 Å². The van der Waals surface area contributed by atoms with Gasteiger partial charge >= 0.3 is 0 Å². The van der Waals surface area contributed by atoms with Crippen molar-refractivity contribution in [2.24, 2.45) is 10.9 Å². The molecule has 0 aliphatic carbocycles. The second-order valence-electron chi connectivity index (χ2n) is 3.22. The molecule has 6 nitrogen and oxygen atoms in total. The SMILES string of the molecule is NC(=O)c1cc(S(N)(=O)=O)cc2ccoc12. The first-order valence-electron chi connectivity index (χ1n) is 4.23. The van der Waals surface area contributed by atoms with Gasteiger partial charge in [-0.05, 0) is 18.2 Å². The highest BCUT2D eigenvalue weighted by atomic mass is 32.2. The highest BCUT2D eigenvalue weighted by Gasteiger charge is 2.16. The predicted molar refractivity (Wildman–Crippen MR) is 56.1 cm³/mol. The third-order valence-electron chi connectivity index (χ3n) is 2.12. The average Bonchev–Trinajstić information content (AvgIpc) is 2.61. The first-order valence-corrected chi connectivity index (χ1v) is 5.78. The summed E-state index contributed by atoms with van der Waals surface area (Å²) >= 11 is 0. The molecular formula is C9H8N2O4S. The molecule has 0 aliphatic rings. The van der Waals surface area contributed by atoms with Crippen molar-refractivity contribution in [1.82, 2.24) is 0 Å². The van der Waals surface area contributed by atoms with E-state index in [2.05, 4.69) is 0 Å². The fourth-order valence-corrected chi connectivity index (χ4v) is 1.98. The van der Waals surface area contributed by atoms with Crippen LogP contribution in [0.4, 0.5) is 0 Å². The first-order chi connectivity index (χ1) is 7.39. The van der Waals surface area contributed by atoms with E-state index in [0.29, 0.717) is 5.39 Å². The van der Waals surface area contributed by atoms with E-state index in [9.17, 15) is 13.2 Å². The van der Waals surface area contributed by atoms with Gasteiger partial charge in [0.1, 0.15) is 5.58 Å². The van der Waals surface area contributed by atoms with E-state index < -0.39 is 15.9 Å². The van der Waals surface area contributed by atoms with Crippen LogP contribution < -0.4 is 10.9 Å². The van der Waals surface area contributed by atoms with Crippen molar-refractivity contribution in [2.75, 3.05) is 0 Å². The molecule has 0 bridgehead atoms. The second kappa shape index (κ2) is 3.32. The number of carbonyl (C=O) groups is 1. The summed E-state index contributed by atoms with van der Waals surface area (Å²) in [4.78, 5) is 10.9. The molecule has 4 N–H and O–H groups in total. The second-order valence-corrected chi connectivity index (χ2v) is 4.78. The molecule has 2 aromatic rings. The summed E-state index contributed by atoms with van der Waals surface area (Å²) < 4.78 is 27.4. The number of furan rings is 1. The summed E-state index contributed by atoms with van der Waals surface area (Å²) in [5.74, 6) is -0.773. The van der Waals surface area contributed by atoms with E-state index in [4.69, 9.17) is 15.3 Å². The zero-order valence-electron chi connectivity index (χ0n) is 8.01. The van der Waals surface area contributed by atoms with Gasteiger partial charge in [-0.15, -0.1) is 0 Å². The third kappa shape index (κ3) is 1.66. The molecule has 2 rings (SSSR count). The van der Waals surface area contributed by atoms with Crippen LogP contribution in [0.2, 0.25) is 0 Å². The van der Waals surface area contributed by atoms with E-state index >= 15 is 0 Å². The van der Waals surface area contributed by atoms with E-state index in [-0.39, 0.29) is 16.0 Å². The predicted octanol–water partition coefficient (Wildman–Crippen LogP) is 0.179. The molecule has 1 heterocycles. The molecule has 1 amide bonds. The standard InChI is InChI=1S/C9H8N2O4S/c10-9(12)7-4-6(16(11,13)14)3-5-1-2-15-8(5)7/h1-4H,(H2,10,12)(H2,11,13,14). The van der Waals surface area contributed by atoms with Crippen LogP contribution in [-0.4, -0.2) is 14.3 Å². The molecule has 7 heteroatoms. The zero-order chi connectivity index (χ0) is 11.9. The van der Waals surface area contributed by atoms with Crippen LogP contribution >= 0.6 is 0 Å². The maximum atomic E-state index is 11.2. The van der Waals surface area contributed by atoms with Gasteiger partial charge in [0.05, 0.1) is 16.7 Å². The van der Waals surface area contributed by atoms with Gasteiger partial charge in [0, 0.05) is 5.39 Å². The van der Waals surface area contributed by atoms with Crippen LogP contribution in [0, 0.1) is 0 Å². The Balaban J connectivity index is 2.87. The zero-order valence-corrected chi connectivity index (χ0v) is 8.82. The number of sulfonamides is 1. The smallest absolute Gasteiger partial charge is 0.252 e. The van der Waals surface area contributed by atoms with E-state index in [1.54, 1.807) is 0 Å². The lowest BCUT2D eigenvalue weighted by molar-refractivity contribution is 0.100. The number of benzene rings is 1. The molecule has 0 fully saturated rings. The fraction of sp³-hybridized carbons (Fsp3) is 0. The number of carbonyl (C=O) groups excluding carboxylic acids is 1. The van der Waals surface area contributed by atoms with Gasteiger partial charge in [0.25, 0.3) is 5.91 Å². The van der Waals surface area contributed by atoms with Gasteiger partial charge in [0.15, 0.2) is 0 Å². The maximum Gasteiger partial charge on any atom is 0.252 e. The van der Waals surface area contributed by atoms with Gasteiger partial charge in [0.2, 0.25) is 10.0 Å². The van der Waals surface area contributed by atoms with Crippen molar-refractivity contribution in [3.8, 4) is 0 Å². The highest BCUT2D eigenvalue weighted by Crippen LogP contribution is 2.23. The van der Waals surface area contributed by atoms with Crippen molar-refractivity contribution in [3.05, 3.63) is 30.0 Å². The van der Waals surface area contributed by atoms with Crippen LogP contribution in [-0.2, 0) is 10.0 Å². The molecule has 0 saturated carbocycles. The van der Waals surface area contributed by atoms with Crippen LogP contribution in [0.1, 0.15) is 10.4 Å². The summed E-state index contributed by atoms with van der Waals surface area (Å²) in [5, 5.41) is 5.43. The Morgan fingerprint density at radius 2 is 2.00 bits per heavy atom. The number of primary sulfonamides is 1. The third-order valence-corrected chi connectivity index (χ3v) is 3.01. The molecule has 0 spiro atoms. The largest absolute Gasteiger partial charge is 0.464 e. The van der Waals surface area contributed by atoms with E-state index in [1.165, 1.54) is 18.4 Å². The summed E-state index contributed by atoms with van der Waals surface area (Å²) in [5.41, 5.74) is 5.36. The van der Waals surface area contributed by atoms with Gasteiger partial charge in [-0.2, -0.15) is 0 Å². The lowest BCUT2D eigenvalue weighted by Crippen LogP contribution is -2.15. The molecule has 0 saturated heterocycles. The van der Waals surface area contributed by atoms with Crippen molar-refractivity contribution >= 4 is 26.9 Å². The summed E-state index contributed by atoms with van der Waals surface area (Å²) in [6.07, 6.45) is 1.34. The van der Waals surface area contributed by atoms with Gasteiger partial charge in [-0.25, -0.2) is 13.6 Å². The summed E-state index contributed by atoms with van der Waals surface area (Å²) in [6.45, 7) is 0. The Morgan fingerprint density at radius 1 is 1.31 bits per heavy atom. The van der Waals surface area contributed by atoms with Gasteiger partial charge in [-0.1, -0.05) is 0 Å². The number of rotatable bonds is 2. The maximum absolute atomic E-state index is 11.2. The van der Waals surface area contributed by atoms with Gasteiger partial charge in [-0.3, -0.25) is 4.79 Å². The van der Waals surface area contributed by atoms with Crippen LogP contribution in [0.3, 0.4) is 0 Å². The Morgan fingerprint density at radius 3 is 2.56 bits per heavy atom. The lowest BCUT2D eigenvalue weighted by Gasteiger charge is -2.01. The van der Waals surface area contributed by atoms with Crippen LogP contribution in [0.5, 0.6) is 0 Å². The van der Waals surface area contributed by atoms with Gasteiger partial charge < -0.3 is 10.2 Å². The molecule has 0 radical (unpaired) electrons. The molecule has 16 heavy (non-hydrogen) atoms. The number of amides is 1. The minimum Gasteiger partial charge on any atom is -0.464 e. The minimum absolute atomic E-state index is 0.00785. The van der Waals surface area contributed by atoms with Crippen molar-refractivity contribution < 1.29 is 17.6 Å². The van der Waals surface area contributed by atoms with E-state index in [0.717, 1.165) is 6.07 Å². The molecular weight excluding hydrogens is 232 g/mol.